The zero-order valence-corrected chi connectivity index (χ0v) is 14.6. The number of amides is 3. The number of aromatic nitrogens is 2. The van der Waals surface area contributed by atoms with Crippen molar-refractivity contribution in [1.29, 1.82) is 0 Å². The van der Waals surface area contributed by atoms with Crippen molar-refractivity contribution in [3.8, 4) is 0 Å². The number of thioether (sulfide) groups is 1. The van der Waals surface area contributed by atoms with Gasteiger partial charge in [0.05, 0.1) is 5.75 Å². The van der Waals surface area contributed by atoms with Crippen molar-refractivity contribution in [3.63, 3.8) is 0 Å². The molecule has 0 saturated carbocycles. The van der Waals surface area contributed by atoms with Crippen LogP contribution in [-0.4, -0.2) is 34.7 Å². The third kappa shape index (κ3) is 3.48. The summed E-state index contributed by atoms with van der Waals surface area (Å²) >= 11 is 3.09. The standard InChI is InChI=1S/C15H18N4O2S2/c1-8-3-4-9-10(5-8)23-14-12(9)13(17-7-18-14)22-6-11(20)19-15(21)16-2/h7-8H,3-6H2,1-2H3,(H2,16,19,20,21)/t8-/m1/s1. The summed E-state index contributed by atoms with van der Waals surface area (Å²) in [5, 5.41) is 6.54. The molecule has 0 radical (unpaired) electrons. The molecule has 0 unspecified atom stereocenters. The highest BCUT2D eigenvalue weighted by atomic mass is 32.2. The average Bonchev–Trinajstić information content (AvgIpc) is 2.90. The molecule has 1 aliphatic carbocycles. The van der Waals surface area contributed by atoms with Gasteiger partial charge in [0.25, 0.3) is 0 Å². The Morgan fingerprint density at radius 1 is 1.43 bits per heavy atom. The first-order valence-corrected chi connectivity index (χ1v) is 9.28. The van der Waals surface area contributed by atoms with Gasteiger partial charge in [0, 0.05) is 17.3 Å². The van der Waals surface area contributed by atoms with Crippen molar-refractivity contribution in [2.75, 3.05) is 12.8 Å². The molecular weight excluding hydrogens is 332 g/mol. The van der Waals surface area contributed by atoms with Crippen molar-refractivity contribution in [1.82, 2.24) is 20.6 Å². The number of imide groups is 1. The molecule has 0 aromatic carbocycles. The van der Waals surface area contributed by atoms with Gasteiger partial charge in [0.1, 0.15) is 16.2 Å². The topological polar surface area (TPSA) is 84.0 Å². The largest absolute Gasteiger partial charge is 0.341 e. The van der Waals surface area contributed by atoms with E-state index < -0.39 is 6.03 Å². The van der Waals surface area contributed by atoms with E-state index in [4.69, 9.17) is 0 Å². The molecule has 2 heterocycles. The number of nitrogens with one attached hydrogen (secondary N) is 2. The molecule has 8 heteroatoms. The number of fused-ring (bicyclic) bond motifs is 3. The number of rotatable bonds is 3. The molecule has 3 amide bonds. The number of carbonyl (C=O) groups excluding carboxylic acids is 2. The minimum absolute atomic E-state index is 0.153. The van der Waals surface area contributed by atoms with Gasteiger partial charge in [-0.2, -0.15) is 0 Å². The van der Waals surface area contributed by atoms with E-state index in [1.54, 1.807) is 17.7 Å². The Balaban J connectivity index is 1.81. The molecule has 0 aliphatic heterocycles. The monoisotopic (exact) mass is 350 g/mol. The molecule has 2 N–H and O–H groups in total. The van der Waals surface area contributed by atoms with E-state index in [1.165, 1.54) is 35.7 Å². The lowest BCUT2D eigenvalue weighted by Crippen LogP contribution is -2.38. The smallest absolute Gasteiger partial charge is 0.321 e. The van der Waals surface area contributed by atoms with Gasteiger partial charge in [0.15, 0.2) is 0 Å². The molecular formula is C15H18N4O2S2. The third-order valence-electron chi connectivity index (χ3n) is 3.88. The van der Waals surface area contributed by atoms with Gasteiger partial charge in [0.2, 0.25) is 5.91 Å². The van der Waals surface area contributed by atoms with Crippen molar-refractivity contribution >= 4 is 45.3 Å². The summed E-state index contributed by atoms with van der Waals surface area (Å²) in [5.41, 5.74) is 1.35. The fourth-order valence-electron chi connectivity index (χ4n) is 2.71. The van der Waals surface area contributed by atoms with Crippen LogP contribution in [0, 0.1) is 5.92 Å². The molecule has 6 nitrogen and oxygen atoms in total. The molecule has 1 atom stereocenters. The highest BCUT2D eigenvalue weighted by Gasteiger charge is 2.23. The first-order valence-electron chi connectivity index (χ1n) is 7.48. The molecule has 122 valence electrons. The van der Waals surface area contributed by atoms with Crippen LogP contribution < -0.4 is 10.6 Å². The van der Waals surface area contributed by atoms with E-state index in [0.29, 0.717) is 5.92 Å². The molecule has 0 spiro atoms. The predicted molar refractivity (Wildman–Crippen MR) is 91.9 cm³/mol. The Morgan fingerprint density at radius 3 is 3.04 bits per heavy atom. The highest BCUT2D eigenvalue weighted by molar-refractivity contribution is 8.00. The Labute approximate surface area is 142 Å². The summed E-state index contributed by atoms with van der Waals surface area (Å²) < 4.78 is 0. The number of nitrogens with zero attached hydrogens (tertiary/aromatic N) is 2. The number of urea groups is 1. The quantitative estimate of drug-likeness (QED) is 0.656. The van der Waals surface area contributed by atoms with E-state index in [2.05, 4.69) is 27.5 Å². The SMILES string of the molecule is CNC(=O)NC(=O)CSc1ncnc2sc3c(c12)CC[C@@H](C)C3. The number of carbonyl (C=O) groups is 2. The van der Waals surface area contributed by atoms with E-state index in [1.807, 2.05) is 0 Å². The van der Waals surface area contributed by atoms with Crippen LogP contribution in [0.4, 0.5) is 4.79 Å². The second kappa shape index (κ2) is 6.84. The summed E-state index contributed by atoms with van der Waals surface area (Å²) in [6.45, 7) is 2.28. The lowest BCUT2D eigenvalue weighted by atomic mass is 9.89. The molecule has 0 saturated heterocycles. The number of hydrogen-bond donors (Lipinski definition) is 2. The van der Waals surface area contributed by atoms with Gasteiger partial charge in [-0.1, -0.05) is 18.7 Å². The van der Waals surface area contributed by atoms with Crippen molar-refractivity contribution < 1.29 is 9.59 Å². The predicted octanol–water partition coefficient (Wildman–Crippen LogP) is 2.36. The van der Waals surface area contributed by atoms with Crippen LogP contribution in [0.1, 0.15) is 23.8 Å². The van der Waals surface area contributed by atoms with E-state index in [0.717, 1.165) is 28.1 Å². The molecule has 2 aromatic heterocycles. The lowest BCUT2D eigenvalue weighted by Gasteiger charge is -2.18. The Morgan fingerprint density at radius 2 is 2.26 bits per heavy atom. The average molecular weight is 350 g/mol. The fraction of sp³-hybridized carbons (Fsp3) is 0.467. The summed E-state index contributed by atoms with van der Waals surface area (Å²) in [5.74, 6) is 0.525. The van der Waals surface area contributed by atoms with Gasteiger partial charge in [-0.3, -0.25) is 10.1 Å². The van der Waals surface area contributed by atoms with E-state index >= 15 is 0 Å². The summed E-state index contributed by atoms with van der Waals surface area (Å²) in [6, 6.07) is -0.495. The van der Waals surface area contributed by atoms with Gasteiger partial charge < -0.3 is 5.32 Å². The zero-order chi connectivity index (χ0) is 16.4. The highest BCUT2D eigenvalue weighted by Crippen LogP contribution is 2.40. The number of thiophene rings is 1. The van der Waals surface area contributed by atoms with Crippen LogP contribution in [0.15, 0.2) is 11.4 Å². The van der Waals surface area contributed by atoms with E-state index in [-0.39, 0.29) is 11.7 Å². The maximum atomic E-state index is 11.8. The maximum Gasteiger partial charge on any atom is 0.321 e. The molecule has 23 heavy (non-hydrogen) atoms. The van der Waals surface area contributed by atoms with Crippen LogP contribution in [-0.2, 0) is 17.6 Å². The molecule has 3 rings (SSSR count). The molecule has 1 aliphatic rings. The second-order valence-electron chi connectivity index (χ2n) is 5.63. The van der Waals surface area contributed by atoms with Gasteiger partial charge >= 0.3 is 6.03 Å². The second-order valence-corrected chi connectivity index (χ2v) is 7.67. The Kier molecular flexibility index (Phi) is 4.82. The summed E-state index contributed by atoms with van der Waals surface area (Å²) in [7, 11) is 1.47. The zero-order valence-electron chi connectivity index (χ0n) is 13.0. The fourth-order valence-corrected chi connectivity index (χ4v) is 4.96. The number of aryl methyl sites for hydroxylation is 1. The van der Waals surface area contributed by atoms with Crippen LogP contribution >= 0.6 is 23.1 Å². The van der Waals surface area contributed by atoms with Gasteiger partial charge in [-0.25, -0.2) is 14.8 Å². The summed E-state index contributed by atoms with van der Waals surface area (Å²) in [6.07, 6.45) is 4.86. The van der Waals surface area contributed by atoms with Crippen LogP contribution in [0.5, 0.6) is 0 Å². The van der Waals surface area contributed by atoms with Crippen LogP contribution in [0.3, 0.4) is 0 Å². The first-order chi connectivity index (χ1) is 11.1. The normalized spacial score (nSPS) is 16.9. The first kappa shape index (κ1) is 16.2. The molecule has 0 fully saturated rings. The Hall–Kier alpha value is -1.67. The van der Waals surface area contributed by atoms with Crippen LogP contribution in [0.2, 0.25) is 0 Å². The van der Waals surface area contributed by atoms with Crippen molar-refractivity contribution in [3.05, 3.63) is 16.8 Å². The minimum Gasteiger partial charge on any atom is -0.341 e. The third-order valence-corrected chi connectivity index (χ3v) is 6.03. The Bertz CT molecular complexity index is 759. The van der Waals surface area contributed by atoms with Gasteiger partial charge in [-0.15, -0.1) is 11.3 Å². The van der Waals surface area contributed by atoms with Crippen molar-refractivity contribution in [2.24, 2.45) is 5.92 Å². The lowest BCUT2D eigenvalue weighted by molar-refractivity contribution is -0.117. The molecule has 0 bridgehead atoms. The van der Waals surface area contributed by atoms with Crippen LogP contribution in [0.25, 0.3) is 10.2 Å². The summed E-state index contributed by atoms with van der Waals surface area (Å²) in [4.78, 5) is 34.0. The number of hydrogen-bond acceptors (Lipinski definition) is 6. The van der Waals surface area contributed by atoms with Gasteiger partial charge in [-0.05, 0) is 30.7 Å². The van der Waals surface area contributed by atoms with Crippen molar-refractivity contribution in [2.45, 2.75) is 31.2 Å². The van der Waals surface area contributed by atoms with E-state index in [9.17, 15) is 9.59 Å². The maximum absolute atomic E-state index is 11.8. The minimum atomic E-state index is -0.495. The molecule has 2 aromatic rings.